The van der Waals surface area contributed by atoms with E-state index in [2.05, 4.69) is 15.5 Å². The quantitative estimate of drug-likeness (QED) is 0.554. The first-order valence-corrected chi connectivity index (χ1v) is 10.8. The first-order valence-electron chi connectivity index (χ1n) is 8.60. The van der Waals surface area contributed by atoms with Crippen molar-refractivity contribution in [3.05, 3.63) is 53.4 Å². The second-order valence-corrected chi connectivity index (χ2v) is 8.67. The van der Waals surface area contributed by atoms with Gasteiger partial charge >= 0.3 is 0 Å². The summed E-state index contributed by atoms with van der Waals surface area (Å²) in [5, 5.41) is 6.80. The van der Waals surface area contributed by atoms with Gasteiger partial charge in [0.1, 0.15) is 11.5 Å². The van der Waals surface area contributed by atoms with Gasteiger partial charge in [-0.05, 0) is 42.5 Å². The Morgan fingerprint density at radius 2 is 1.80 bits per heavy atom. The molecule has 0 aliphatic heterocycles. The Bertz CT molecular complexity index is 1150. The monoisotopic (exact) mass is 451 g/mol. The molecule has 3 aromatic rings. The molecule has 1 heterocycles. The maximum absolute atomic E-state index is 12.3. The predicted octanol–water partition coefficient (Wildman–Crippen LogP) is 2.96. The average Bonchev–Trinajstić information content (AvgIpc) is 3.16. The summed E-state index contributed by atoms with van der Waals surface area (Å²) < 4.78 is 40.1. The molecular formula is C19H18ClN3O6S. The number of hydrogen-bond acceptors (Lipinski definition) is 8. The van der Waals surface area contributed by atoms with E-state index in [1.807, 2.05) is 0 Å². The number of sulfone groups is 1. The lowest BCUT2D eigenvalue weighted by atomic mass is 10.2. The van der Waals surface area contributed by atoms with Crippen molar-refractivity contribution in [3.8, 4) is 22.9 Å². The first kappa shape index (κ1) is 21.6. The van der Waals surface area contributed by atoms with Gasteiger partial charge < -0.3 is 19.3 Å². The van der Waals surface area contributed by atoms with Crippen LogP contribution in [0.15, 0.2) is 47.0 Å². The number of halogens is 1. The fourth-order valence-corrected chi connectivity index (χ4v) is 3.77. The van der Waals surface area contributed by atoms with Crippen LogP contribution in [-0.2, 0) is 20.4 Å². The van der Waals surface area contributed by atoms with Crippen LogP contribution in [0, 0.1) is 0 Å². The fourth-order valence-electron chi connectivity index (χ4n) is 2.58. The summed E-state index contributed by atoms with van der Waals surface area (Å²) >= 11 is 5.78. The summed E-state index contributed by atoms with van der Waals surface area (Å²) in [7, 11) is -0.831. The summed E-state index contributed by atoms with van der Waals surface area (Å²) in [4.78, 5) is 16.1. The van der Waals surface area contributed by atoms with Crippen LogP contribution < -0.4 is 14.8 Å². The van der Waals surface area contributed by atoms with Gasteiger partial charge in [0.05, 0.1) is 14.2 Å². The molecule has 0 bridgehead atoms. The van der Waals surface area contributed by atoms with Gasteiger partial charge in [0.15, 0.2) is 21.3 Å². The molecule has 0 radical (unpaired) electrons. The Morgan fingerprint density at radius 3 is 2.47 bits per heavy atom. The van der Waals surface area contributed by atoms with Crippen molar-refractivity contribution in [1.29, 1.82) is 0 Å². The van der Waals surface area contributed by atoms with Crippen LogP contribution in [0.4, 0.5) is 5.69 Å². The molecule has 0 unspecified atom stereocenters. The van der Waals surface area contributed by atoms with E-state index in [1.165, 1.54) is 14.2 Å². The van der Waals surface area contributed by atoms with E-state index in [1.54, 1.807) is 42.5 Å². The number of hydrogen-bond donors (Lipinski definition) is 1. The molecule has 158 valence electrons. The molecule has 3 rings (SSSR count). The molecule has 0 aliphatic carbocycles. The van der Waals surface area contributed by atoms with Crippen molar-refractivity contribution >= 4 is 33.0 Å². The van der Waals surface area contributed by atoms with E-state index < -0.39 is 27.3 Å². The number of nitrogens with one attached hydrogen (secondary N) is 1. The highest BCUT2D eigenvalue weighted by Crippen LogP contribution is 2.31. The topological polar surface area (TPSA) is 121 Å². The predicted molar refractivity (Wildman–Crippen MR) is 110 cm³/mol. The second kappa shape index (κ2) is 9.14. The average molecular weight is 452 g/mol. The van der Waals surface area contributed by atoms with Gasteiger partial charge in [-0.3, -0.25) is 4.79 Å². The smallest absolute Gasteiger partial charge is 0.242 e. The molecule has 0 aliphatic rings. The molecule has 2 aromatic carbocycles. The maximum atomic E-state index is 12.3. The molecule has 1 aromatic heterocycles. The highest BCUT2D eigenvalue weighted by molar-refractivity contribution is 7.91. The van der Waals surface area contributed by atoms with Gasteiger partial charge in [0, 0.05) is 16.3 Å². The minimum atomic E-state index is -3.83. The summed E-state index contributed by atoms with van der Waals surface area (Å²) in [6, 6.07) is 11.3. The van der Waals surface area contributed by atoms with Crippen LogP contribution >= 0.6 is 11.6 Å². The molecule has 30 heavy (non-hydrogen) atoms. The van der Waals surface area contributed by atoms with Gasteiger partial charge in [0.25, 0.3) is 0 Å². The van der Waals surface area contributed by atoms with Gasteiger partial charge in [-0.2, -0.15) is 4.98 Å². The van der Waals surface area contributed by atoms with Crippen molar-refractivity contribution in [3.63, 3.8) is 0 Å². The third kappa shape index (κ3) is 5.49. The lowest BCUT2D eigenvalue weighted by Gasteiger charge is -2.07. The lowest BCUT2D eigenvalue weighted by Crippen LogP contribution is -2.24. The minimum absolute atomic E-state index is 0.126. The zero-order valence-electron chi connectivity index (χ0n) is 16.1. The number of benzene rings is 2. The lowest BCUT2D eigenvalue weighted by molar-refractivity contribution is -0.113. The van der Waals surface area contributed by atoms with E-state index in [4.69, 9.17) is 25.6 Å². The number of rotatable bonds is 8. The number of carbonyl (C=O) groups is 1. The van der Waals surface area contributed by atoms with Gasteiger partial charge in [-0.1, -0.05) is 16.8 Å². The molecule has 0 spiro atoms. The number of carbonyl (C=O) groups excluding carboxylic acids is 1. The number of amides is 1. The number of anilines is 1. The van der Waals surface area contributed by atoms with E-state index in [9.17, 15) is 13.2 Å². The Hall–Kier alpha value is -3.11. The molecule has 1 N–H and O–H groups in total. The van der Waals surface area contributed by atoms with Gasteiger partial charge in [-0.25, -0.2) is 8.42 Å². The molecule has 1 amide bonds. The highest BCUT2D eigenvalue weighted by atomic mass is 35.5. The second-order valence-electron chi connectivity index (χ2n) is 6.17. The minimum Gasteiger partial charge on any atom is -0.493 e. The van der Waals surface area contributed by atoms with E-state index >= 15 is 0 Å². The molecule has 0 atom stereocenters. The molecule has 11 heteroatoms. The van der Waals surface area contributed by atoms with Gasteiger partial charge in [0.2, 0.25) is 17.6 Å². The highest BCUT2D eigenvalue weighted by Gasteiger charge is 2.22. The number of methoxy groups -OCH3 is 2. The maximum Gasteiger partial charge on any atom is 0.242 e. The van der Waals surface area contributed by atoms with Crippen LogP contribution in [0.5, 0.6) is 11.5 Å². The van der Waals surface area contributed by atoms with Crippen LogP contribution in [-0.4, -0.2) is 44.4 Å². The number of nitrogens with zero attached hydrogens (tertiary/aromatic N) is 2. The Kier molecular flexibility index (Phi) is 6.58. The van der Waals surface area contributed by atoms with Crippen molar-refractivity contribution < 1.29 is 27.2 Å². The molecule has 9 nitrogen and oxygen atoms in total. The Morgan fingerprint density at radius 1 is 1.10 bits per heavy atom. The van der Waals surface area contributed by atoms with Crippen molar-refractivity contribution in [1.82, 2.24) is 10.1 Å². The SMILES string of the molecule is COc1ccc(-c2noc(CS(=O)(=O)CC(=O)Nc3ccc(Cl)cc3)n2)cc1OC. The van der Waals surface area contributed by atoms with Crippen molar-refractivity contribution in [2.24, 2.45) is 0 Å². The van der Waals surface area contributed by atoms with Crippen LogP contribution in [0.3, 0.4) is 0 Å². The van der Waals surface area contributed by atoms with Crippen LogP contribution in [0.1, 0.15) is 5.89 Å². The third-order valence-electron chi connectivity index (χ3n) is 3.93. The standard InChI is InChI=1S/C19H18ClN3O6S/c1-27-15-8-3-12(9-16(15)28-2)19-22-18(29-23-19)11-30(25,26)10-17(24)21-14-6-4-13(20)5-7-14/h3-9H,10-11H2,1-2H3,(H,21,24). The largest absolute Gasteiger partial charge is 0.493 e. The molecule has 0 saturated heterocycles. The van der Waals surface area contributed by atoms with E-state index in [0.29, 0.717) is 27.8 Å². The number of aromatic nitrogens is 2. The Balaban J connectivity index is 1.67. The zero-order chi connectivity index (χ0) is 21.7. The summed E-state index contributed by atoms with van der Waals surface area (Å²) in [5.74, 6) is -0.930. The normalized spacial score (nSPS) is 11.2. The zero-order valence-corrected chi connectivity index (χ0v) is 17.7. The fraction of sp³-hybridized carbons (Fsp3) is 0.211. The third-order valence-corrected chi connectivity index (χ3v) is 5.57. The van der Waals surface area contributed by atoms with Crippen molar-refractivity contribution in [2.45, 2.75) is 5.75 Å². The van der Waals surface area contributed by atoms with E-state index in [0.717, 1.165) is 0 Å². The van der Waals surface area contributed by atoms with Crippen LogP contribution in [0.2, 0.25) is 5.02 Å². The molecular weight excluding hydrogens is 434 g/mol. The number of ether oxygens (including phenoxy) is 2. The summed E-state index contributed by atoms with van der Waals surface area (Å²) in [6.45, 7) is 0. The van der Waals surface area contributed by atoms with Crippen molar-refractivity contribution in [2.75, 3.05) is 25.3 Å². The molecule has 0 saturated carbocycles. The van der Waals surface area contributed by atoms with E-state index in [-0.39, 0.29) is 11.7 Å². The Labute approximate surface area is 177 Å². The van der Waals surface area contributed by atoms with Gasteiger partial charge in [-0.15, -0.1) is 0 Å². The summed E-state index contributed by atoms with van der Waals surface area (Å²) in [6.07, 6.45) is 0. The molecule has 0 fully saturated rings. The summed E-state index contributed by atoms with van der Waals surface area (Å²) in [5.41, 5.74) is 0.994. The van der Waals surface area contributed by atoms with Crippen LogP contribution in [0.25, 0.3) is 11.4 Å². The first-order chi connectivity index (χ1) is 14.3.